The lowest BCUT2D eigenvalue weighted by Gasteiger charge is -2.29. The van der Waals surface area contributed by atoms with Gasteiger partial charge in [0.1, 0.15) is 5.82 Å². The van der Waals surface area contributed by atoms with Gasteiger partial charge in [-0.05, 0) is 74.5 Å². The Hall–Kier alpha value is -0.930. The molecule has 0 aliphatic carbocycles. The maximum atomic E-state index is 13.2. The third kappa shape index (κ3) is 2.67. The van der Waals surface area contributed by atoms with Crippen LogP contribution in [-0.2, 0) is 0 Å². The highest BCUT2D eigenvalue weighted by Crippen LogP contribution is 2.32. The predicted octanol–water partition coefficient (Wildman–Crippen LogP) is 2.48. The predicted molar refractivity (Wildman–Crippen MR) is 66.4 cm³/mol. The number of rotatable bonds is 2. The maximum absolute atomic E-state index is 13.2. The van der Waals surface area contributed by atoms with E-state index in [4.69, 9.17) is 0 Å². The van der Waals surface area contributed by atoms with Gasteiger partial charge in [0.15, 0.2) is 0 Å². The summed E-state index contributed by atoms with van der Waals surface area (Å²) < 4.78 is 13.2. The summed E-state index contributed by atoms with van der Waals surface area (Å²) in [6.07, 6.45) is 1.51. The molecule has 0 radical (unpaired) electrons. The quantitative estimate of drug-likeness (QED) is 0.828. The summed E-state index contributed by atoms with van der Waals surface area (Å²) in [4.78, 5) is 0. The molecular weight excluding hydrogens is 217 g/mol. The molecule has 1 aromatic carbocycles. The van der Waals surface area contributed by atoms with E-state index in [2.05, 4.69) is 5.32 Å². The molecule has 0 spiro atoms. The SMILES string of the molecule is Cc1cc(F)cc(C)c1C(O)C1CCNCC1. The largest absolute Gasteiger partial charge is 0.388 e. The minimum absolute atomic E-state index is 0.221. The fourth-order valence-corrected chi connectivity index (χ4v) is 2.78. The molecule has 1 heterocycles. The van der Waals surface area contributed by atoms with Crippen LogP contribution in [0.2, 0.25) is 0 Å². The summed E-state index contributed by atoms with van der Waals surface area (Å²) in [5.74, 6) is 0.0698. The second-order valence-corrected chi connectivity index (χ2v) is 4.99. The highest BCUT2D eigenvalue weighted by Gasteiger charge is 2.25. The van der Waals surface area contributed by atoms with Gasteiger partial charge in [0.2, 0.25) is 0 Å². The molecular formula is C14H20FNO. The fraction of sp³-hybridized carbons (Fsp3) is 0.571. The van der Waals surface area contributed by atoms with Crippen LogP contribution < -0.4 is 5.32 Å². The van der Waals surface area contributed by atoms with Gasteiger partial charge in [-0.1, -0.05) is 0 Å². The van der Waals surface area contributed by atoms with Crippen molar-refractivity contribution in [2.24, 2.45) is 5.92 Å². The van der Waals surface area contributed by atoms with Gasteiger partial charge in [-0.15, -0.1) is 0 Å². The monoisotopic (exact) mass is 237 g/mol. The summed E-state index contributed by atoms with van der Waals surface area (Å²) in [6.45, 7) is 5.66. The molecule has 2 rings (SSSR count). The van der Waals surface area contributed by atoms with Crippen molar-refractivity contribution in [2.45, 2.75) is 32.8 Å². The number of benzene rings is 1. The lowest BCUT2D eigenvalue weighted by Crippen LogP contribution is -2.31. The lowest BCUT2D eigenvalue weighted by atomic mass is 9.84. The molecule has 0 bridgehead atoms. The maximum Gasteiger partial charge on any atom is 0.123 e. The molecule has 1 fully saturated rings. The van der Waals surface area contributed by atoms with Crippen LogP contribution in [0.15, 0.2) is 12.1 Å². The molecule has 1 aromatic rings. The zero-order valence-corrected chi connectivity index (χ0v) is 10.5. The Balaban J connectivity index is 2.26. The number of nitrogens with one attached hydrogen (secondary N) is 1. The van der Waals surface area contributed by atoms with Gasteiger partial charge in [0.05, 0.1) is 6.10 Å². The third-order valence-corrected chi connectivity index (χ3v) is 3.68. The molecule has 1 aliphatic heterocycles. The fourth-order valence-electron chi connectivity index (χ4n) is 2.78. The van der Waals surface area contributed by atoms with E-state index in [-0.39, 0.29) is 5.82 Å². The van der Waals surface area contributed by atoms with Crippen molar-refractivity contribution >= 4 is 0 Å². The Bertz CT molecular complexity index is 376. The van der Waals surface area contributed by atoms with Crippen LogP contribution in [0.3, 0.4) is 0 Å². The van der Waals surface area contributed by atoms with Gasteiger partial charge in [-0.3, -0.25) is 0 Å². The molecule has 3 heteroatoms. The lowest BCUT2D eigenvalue weighted by molar-refractivity contribution is 0.0877. The summed E-state index contributed by atoms with van der Waals surface area (Å²) in [7, 11) is 0. The molecule has 0 saturated carbocycles. The molecule has 1 aliphatic rings. The summed E-state index contributed by atoms with van der Waals surface area (Å²) in [5.41, 5.74) is 2.63. The number of aliphatic hydroxyl groups is 1. The van der Waals surface area contributed by atoms with Crippen molar-refractivity contribution in [3.05, 3.63) is 34.6 Å². The van der Waals surface area contributed by atoms with Crippen molar-refractivity contribution < 1.29 is 9.50 Å². The van der Waals surface area contributed by atoms with Crippen molar-refractivity contribution in [3.8, 4) is 0 Å². The van der Waals surface area contributed by atoms with Gasteiger partial charge in [0.25, 0.3) is 0 Å². The first-order chi connectivity index (χ1) is 8.09. The molecule has 2 N–H and O–H groups in total. The van der Waals surface area contributed by atoms with Gasteiger partial charge in [-0.25, -0.2) is 4.39 Å². The molecule has 2 nitrogen and oxygen atoms in total. The van der Waals surface area contributed by atoms with E-state index in [1.165, 1.54) is 12.1 Å². The van der Waals surface area contributed by atoms with Crippen LogP contribution in [0, 0.1) is 25.6 Å². The minimum Gasteiger partial charge on any atom is -0.388 e. The molecule has 1 unspecified atom stereocenters. The number of hydrogen-bond donors (Lipinski definition) is 2. The molecule has 94 valence electrons. The van der Waals surface area contributed by atoms with Crippen LogP contribution in [-0.4, -0.2) is 18.2 Å². The standard InChI is InChI=1S/C14H20FNO/c1-9-7-12(15)8-10(2)13(9)14(17)11-3-5-16-6-4-11/h7-8,11,14,16-17H,3-6H2,1-2H3. The Labute approximate surface area is 102 Å². The Morgan fingerprint density at radius 1 is 1.24 bits per heavy atom. The van der Waals surface area contributed by atoms with E-state index >= 15 is 0 Å². The Morgan fingerprint density at radius 3 is 2.29 bits per heavy atom. The van der Waals surface area contributed by atoms with Crippen molar-refractivity contribution in [1.29, 1.82) is 0 Å². The van der Waals surface area contributed by atoms with Crippen LogP contribution >= 0.6 is 0 Å². The number of hydrogen-bond acceptors (Lipinski definition) is 2. The van der Waals surface area contributed by atoms with Gasteiger partial charge in [0, 0.05) is 0 Å². The number of aliphatic hydroxyl groups excluding tert-OH is 1. The second kappa shape index (κ2) is 5.15. The molecule has 1 saturated heterocycles. The normalized spacial score (nSPS) is 19.3. The summed E-state index contributed by atoms with van der Waals surface area (Å²) >= 11 is 0. The van der Waals surface area contributed by atoms with Crippen molar-refractivity contribution in [2.75, 3.05) is 13.1 Å². The van der Waals surface area contributed by atoms with E-state index in [1.807, 2.05) is 13.8 Å². The Morgan fingerprint density at radius 2 is 1.76 bits per heavy atom. The summed E-state index contributed by atoms with van der Waals surface area (Å²) in [5, 5.41) is 13.7. The molecule has 0 aromatic heterocycles. The van der Waals surface area contributed by atoms with E-state index in [0.29, 0.717) is 5.92 Å². The van der Waals surface area contributed by atoms with Crippen LogP contribution in [0.1, 0.15) is 35.6 Å². The first-order valence-electron chi connectivity index (χ1n) is 6.25. The molecule has 1 atom stereocenters. The highest BCUT2D eigenvalue weighted by atomic mass is 19.1. The zero-order chi connectivity index (χ0) is 12.4. The van der Waals surface area contributed by atoms with Crippen LogP contribution in [0.25, 0.3) is 0 Å². The summed E-state index contributed by atoms with van der Waals surface area (Å²) in [6, 6.07) is 3.01. The van der Waals surface area contributed by atoms with Crippen molar-refractivity contribution in [1.82, 2.24) is 5.32 Å². The highest BCUT2D eigenvalue weighted by molar-refractivity contribution is 5.36. The number of aryl methyl sites for hydroxylation is 2. The minimum atomic E-state index is -0.460. The number of halogens is 1. The van der Waals surface area contributed by atoms with Gasteiger partial charge < -0.3 is 10.4 Å². The molecule has 17 heavy (non-hydrogen) atoms. The topological polar surface area (TPSA) is 32.3 Å². The average Bonchev–Trinajstić information content (AvgIpc) is 2.28. The van der Waals surface area contributed by atoms with E-state index in [0.717, 1.165) is 42.6 Å². The van der Waals surface area contributed by atoms with E-state index < -0.39 is 6.10 Å². The van der Waals surface area contributed by atoms with Crippen molar-refractivity contribution in [3.63, 3.8) is 0 Å². The first kappa shape index (κ1) is 12.5. The average molecular weight is 237 g/mol. The Kier molecular flexibility index (Phi) is 3.79. The van der Waals surface area contributed by atoms with Gasteiger partial charge in [-0.2, -0.15) is 0 Å². The van der Waals surface area contributed by atoms with Gasteiger partial charge >= 0.3 is 0 Å². The van der Waals surface area contributed by atoms with E-state index in [1.54, 1.807) is 0 Å². The second-order valence-electron chi connectivity index (χ2n) is 4.99. The number of piperidine rings is 1. The zero-order valence-electron chi connectivity index (χ0n) is 10.5. The smallest absolute Gasteiger partial charge is 0.123 e. The first-order valence-corrected chi connectivity index (χ1v) is 6.25. The molecule has 0 amide bonds. The third-order valence-electron chi connectivity index (χ3n) is 3.68. The van der Waals surface area contributed by atoms with Crippen LogP contribution in [0.4, 0.5) is 4.39 Å². The van der Waals surface area contributed by atoms with E-state index in [9.17, 15) is 9.50 Å². The van der Waals surface area contributed by atoms with Crippen LogP contribution in [0.5, 0.6) is 0 Å².